The Morgan fingerprint density at radius 3 is 2.76 bits per heavy atom. The van der Waals surface area contributed by atoms with E-state index >= 15 is 0 Å². The third-order valence-electron chi connectivity index (χ3n) is 5.84. The first kappa shape index (κ1) is 19.8. The average Bonchev–Trinajstić information content (AvgIpc) is 3.12. The highest BCUT2D eigenvalue weighted by Gasteiger charge is 2.21. The summed E-state index contributed by atoms with van der Waals surface area (Å²) in [6.45, 7) is 2.20. The zero-order valence-electron chi connectivity index (χ0n) is 16.7. The zero-order chi connectivity index (χ0) is 20.5. The molecule has 1 aliphatic rings. The average molecular weight is 414 g/mol. The van der Waals surface area contributed by atoms with Crippen LogP contribution >= 0.6 is 11.3 Å². The maximum atomic E-state index is 13.1. The van der Waals surface area contributed by atoms with Crippen molar-refractivity contribution in [1.82, 2.24) is 14.5 Å². The van der Waals surface area contributed by atoms with Gasteiger partial charge in [-0.2, -0.15) is 0 Å². The molecule has 0 saturated heterocycles. The van der Waals surface area contributed by atoms with E-state index in [1.807, 2.05) is 6.92 Å². The predicted octanol–water partition coefficient (Wildman–Crippen LogP) is 4.09. The van der Waals surface area contributed by atoms with E-state index in [9.17, 15) is 14.0 Å². The van der Waals surface area contributed by atoms with Crippen molar-refractivity contribution >= 4 is 27.5 Å². The number of hydrogen-bond acceptors (Lipinski definition) is 4. The molecule has 2 heterocycles. The Morgan fingerprint density at radius 2 is 2.00 bits per heavy atom. The Labute approximate surface area is 172 Å². The lowest BCUT2D eigenvalue weighted by Crippen LogP contribution is -2.31. The first-order valence-electron chi connectivity index (χ1n) is 9.96. The van der Waals surface area contributed by atoms with Gasteiger partial charge in [-0.25, -0.2) is 9.37 Å². The second kappa shape index (κ2) is 8.06. The quantitative estimate of drug-likeness (QED) is 0.633. The number of benzene rings is 1. The van der Waals surface area contributed by atoms with E-state index in [1.54, 1.807) is 46.3 Å². The van der Waals surface area contributed by atoms with Crippen molar-refractivity contribution in [1.29, 1.82) is 0 Å². The number of nitrogens with zero attached hydrogens (tertiary/aromatic N) is 3. The normalized spacial score (nSPS) is 14.6. The Balaban J connectivity index is 1.49. The van der Waals surface area contributed by atoms with Gasteiger partial charge < -0.3 is 4.90 Å². The number of carbonyl (C=O) groups excluding carboxylic acids is 1. The van der Waals surface area contributed by atoms with Gasteiger partial charge in [0.1, 0.15) is 10.6 Å². The van der Waals surface area contributed by atoms with Crippen LogP contribution in [-0.4, -0.2) is 27.4 Å². The van der Waals surface area contributed by atoms with Gasteiger partial charge in [0.05, 0.1) is 17.8 Å². The maximum absolute atomic E-state index is 13.1. The summed E-state index contributed by atoms with van der Waals surface area (Å²) in [5, 5.41) is 0.743. The molecule has 0 radical (unpaired) electrons. The number of aryl methyl sites for hydroxylation is 3. The highest BCUT2D eigenvalue weighted by molar-refractivity contribution is 7.18. The van der Waals surface area contributed by atoms with Crippen LogP contribution in [0.1, 0.15) is 48.2 Å². The first-order valence-corrected chi connectivity index (χ1v) is 10.8. The monoisotopic (exact) mass is 413 g/mol. The van der Waals surface area contributed by atoms with Crippen molar-refractivity contribution in [3.8, 4) is 0 Å². The number of aromatic nitrogens is 2. The molecule has 29 heavy (non-hydrogen) atoms. The van der Waals surface area contributed by atoms with Crippen LogP contribution in [0.3, 0.4) is 0 Å². The van der Waals surface area contributed by atoms with Gasteiger partial charge in [0.2, 0.25) is 5.91 Å². The number of thiophene rings is 1. The fraction of sp³-hybridized carbons (Fsp3) is 0.409. The zero-order valence-corrected chi connectivity index (χ0v) is 17.5. The number of rotatable bonds is 5. The molecule has 5 nitrogen and oxygen atoms in total. The number of carbonyl (C=O) groups is 1. The Kier molecular flexibility index (Phi) is 5.50. The third-order valence-corrected chi connectivity index (χ3v) is 7.03. The highest BCUT2D eigenvalue weighted by atomic mass is 32.1. The van der Waals surface area contributed by atoms with E-state index in [-0.39, 0.29) is 29.7 Å². The maximum Gasteiger partial charge on any atom is 0.262 e. The van der Waals surface area contributed by atoms with Gasteiger partial charge in [-0.3, -0.25) is 14.2 Å². The number of hydrogen-bond donors (Lipinski definition) is 0. The molecule has 2 aromatic heterocycles. The van der Waals surface area contributed by atoms with Gasteiger partial charge in [0.15, 0.2) is 0 Å². The molecular weight excluding hydrogens is 389 g/mol. The van der Waals surface area contributed by atoms with E-state index in [0.717, 1.165) is 40.6 Å². The lowest BCUT2D eigenvalue weighted by molar-refractivity contribution is -0.132. The molecule has 0 fully saturated rings. The molecule has 0 saturated carbocycles. The summed E-state index contributed by atoms with van der Waals surface area (Å²) in [5.41, 5.74) is 1.99. The van der Waals surface area contributed by atoms with E-state index in [0.29, 0.717) is 6.54 Å². The van der Waals surface area contributed by atoms with E-state index in [1.165, 1.54) is 23.4 Å². The molecule has 0 spiro atoms. The topological polar surface area (TPSA) is 55.2 Å². The van der Waals surface area contributed by atoms with Crippen LogP contribution in [0.5, 0.6) is 0 Å². The summed E-state index contributed by atoms with van der Waals surface area (Å²) >= 11 is 1.63. The largest absolute Gasteiger partial charge is 0.339 e. The minimum absolute atomic E-state index is 0.0450. The predicted molar refractivity (Wildman–Crippen MR) is 113 cm³/mol. The van der Waals surface area contributed by atoms with E-state index in [2.05, 4.69) is 4.98 Å². The van der Waals surface area contributed by atoms with E-state index < -0.39 is 0 Å². The molecule has 1 unspecified atom stereocenters. The summed E-state index contributed by atoms with van der Waals surface area (Å²) in [6, 6.07) is 5.99. The molecule has 152 valence electrons. The Hall–Kier alpha value is -2.54. The number of fused-ring (bicyclic) bond motifs is 3. The van der Waals surface area contributed by atoms with Gasteiger partial charge >= 0.3 is 0 Å². The van der Waals surface area contributed by atoms with Gasteiger partial charge in [-0.1, -0.05) is 12.1 Å². The summed E-state index contributed by atoms with van der Waals surface area (Å²) in [6.07, 6.45) is 6.01. The molecule has 7 heteroatoms. The van der Waals surface area contributed by atoms with Crippen molar-refractivity contribution in [2.24, 2.45) is 0 Å². The van der Waals surface area contributed by atoms with Crippen LogP contribution in [0.4, 0.5) is 4.39 Å². The van der Waals surface area contributed by atoms with Crippen LogP contribution in [-0.2, 0) is 24.2 Å². The summed E-state index contributed by atoms with van der Waals surface area (Å²) in [7, 11) is 1.73. The van der Waals surface area contributed by atoms with Gasteiger partial charge in [0.25, 0.3) is 5.56 Å². The fourth-order valence-electron chi connectivity index (χ4n) is 3.91. The van der Waals surface area contributed by atoms with Crippen molar-refractivity contribution < 1.29 is 9.18 Å². The van der Waals surface area contributed by atoms with Crippen LogP contribution in [0, 0.1) is 5.82 Å². The Bertz CT molecular complexity index is 1100. The SMILES string of the molecule is CC(c1ccc(F)cc1)N(C)C(=O)CCn1cnc2sc3c(c2c1=O)CCCC3. The van der Waals surface area contributed by atoms with Crippen molar-refractivity contribution in [3.05, 3.63) is 62.8 Å². The summed E-state index contributed by atoms with van der Waals surface area (Å²) in [5.74, 6) is -0.367. The molecular formula is C22H24FN3O2S. The van der Waals surface area contributed by atoms with E-state index in [4.69, 9.17) is 0 Å². The smallest absolute Gasteiger partial charge is 0.262 e. The third kappa shape index (κ3) is 3.83. The minimum atomic E-state index is -0.298. The summed E-state index contributed by atoms with van der Waals surface area (Å²) < 4.78 is 14.7. The molecule has 0 bridgehead atoms. The van der Waals surface area contributed by atoms with Crippen molar-refractivity contribution in [2.75, 3.05) is 7.05 Å². The van der Waals surface area contributed by atoms with Crippen LogP contribution in [0.25, 0.3) is 10.2 Å². The van der Waals surface area contributed by atoms with Crippen LogP contribution in [0.2, 0.25) is 0 Å². The fourth-order valence-corrected chi connectivity index (χ4v) is 5.13. The second-order valence-corrected chi connectivity index (χ2v) is 8.70. The van der Waals surface area contributed by atoms with Crippen LogP contribution in [0.15, 0.2) is 35.4 Å². The van der Waals surface area contributed by atoms with Crippen LogP contribution < -0.4 is 5.56 Å². The molecule has 1 atom stereocenters. The van der Waals surface area contributed by atoms with Gasteiger partial charge in [-0.15, -0.1) is 11.3 Å². The van der Waals surface area contributed by atoms with Gasteiger partial charge in [0, 0.05) is 24.9 Å². The second-order valence-electron chi connectivity index (χ2n) is 7.62. The number of halogens is 1. The van der Waals surface area contributed by atoms with Crippen molar-refractivity contribution in [3.63, 3.8) is 0 Å². The molecule has 0 N–H and O–H groups in total. The molecule has 3 aromatic rings. The van der Waals surface area contributed by atoms with Crippen molar-refractivity contribution in [2.45, 2.75) is 51.6 Å². The molecule has 1 aromatic carbocycles. The van der Waals surface area contributed by atoms with Gasteiger partial charge in [-0.05, 0) is 55.9 Å². The summed E-state index contributed by atoms with van der Waals surface area (Å²) in [4.78, 5) is 33.9. The lowest BCUT2D eigenvalue weighted by atomic mass is 9.97. The Morgan fingerprint density at radius 1 is 1.28 bits per heavy atom. The minimum Gasteiger partial charge on any atom is -0.339 e. The first-order chi connectivity index (χ1) is 14.0. The molecule has 0 aliphatic heterocycles. The number of amides is 1. The lowest BCUT2D eigenvalue weighted by Gasteiger charge is -2.25. The molecule has 1 aliphatic carbocycles. The standard InChI is InChI=1S/C22H24FN3O2S/c1-14(15-7-9-16(23)10-8-15)25(2)19(27)11-12-26-13-24-21-20(22(26)28)17-5-3-4-6-18(17)29-21/h7-10,13-14H,3-6,11-12H2,1-2H3. The molecule has 4 rings (SSSR count). The molecule has 1 amide bonds. The highest BCUT2D eigenvalue weighted by Crippen LogP contribution is 2.33.